The highest BCUT2D eigenvalue weighted by Gasteiger charge is 2.32. The predicted octanol–water partition coefficient (Wildman–Crippen LogP) is 4.85. The lowest BCUT2D eigenvalue weighted by atomic mass is 10.1. The predicted molar refractivity (Wildman–Crippen MR) is 145 cm³/mol. The number of anilines is 1. The molecule has 0 radical (unpaired) electrons. The summed E-state index contributed by atoms with van der Waals surface area (Å²) in [5, 5.41) is 3.75. The first-order valence-corrected chi connectivity index (χ1v) is 14.6. The van der Waals surface area contributed by atoms with Crippen LogP contribution in [0.5, 0.6) is 0 Å². The summed E-state index contributed by atoms with van der Waals surface area (Å²) in [5.41, 5.74) is 2.57. The Morgan fingerprint density at radius 2 is 1.64 bits per heavy atom. The molecule has 0 aromatic heterocycles. The largest absolute Gasteiger partial charge is 0.352 e. The van der Waals surface area contributed by atoms with Crippen molar-refractivity contribution in [1.82, 2.24) is 10.2 Å². The van der Waals surface area contributed by atoms with Crippen LogP contribution in [0.1, 0.15) is 49.3 Å². The van der Waals surface area contributed by atoms with Crippen molar-refractivity contribution in [2.45, 2.75) is 65.1 Å². The van der Waals surface area contributed by atoms with Crippen molar-refractivity contribution in [3.05, 3.63) is 63.1 Å². The summed E-state index contributed by atoms with van der Waals surface area (Å²) in [6.45, 7) is 4.82. The maximum atomic E-state index is 13.7. The number of rotatable bonds is 9. The molecule has 2 amide bonds. The zero-order valence-electron chi connectivity index (χ0n) is 21.1. The molecule has 1 N–H and O–H groups in total. The summed E-state index contributed by atoms with van der Waals surface area (Å²) in [5.74, 6) is -0.831. The van der Waals surface area contributed by atoms with E-state index in [1.165, 1.54) is 4.90 Å². The lowest BCUT2D eigenvalue weighted by Gasteiger charge is -2.33. The third-order valence-electron chi connectivity index (χ3n) is 6.78. The van der Waals surface area contributed by atoms with Gasteiger partial charge in [-0.05, 0) is 62.9 Å². The third kappa shape index (κ3) is 6.72. The SMILES string of the molecule is Cc1cccc(N(CC(=O)N(Cc2c(Cl)cccc2Cl)[C@@H](C)C(=O)NC2CCCC2)S(C)(=O)=O)c1C. The second kappa shape index (κ2) is 11.8. The topological polar surface area (TPSA) is 86.8 Å². The van der Waals surface area contributed by atoms with Gasteiger partial charge in [-0.1, -0.05) is 54.2 Å². The Kier molecular flexibility index (Phi) is 9.30. The van der Waals surface area contributed by atoms with E-state index < -0.39 is 28.5 Å². The van der Waals surface area contributed by atoms with Crippen molar-refractivity contribution in [3.63, 3.8) is 0 Å². The number of nitrogens with one attached hydrogen (secondary N) is 1. The summed E-state index contributed by atoms with van der Waals surface area (Å²) in [7, 11) is -3.81. The van der Waals surface area contributed by atoms with Crippen LogP contribution in [0.3, 0.4) is 0 Å². The Morgan fingerprint density at radius 1 is 1.06 bits per heavy atom. The Hall–Kier alpha value is -2.29. The lowest BCUT2D eigenvalue weighted by molar-refractivity contribution is -0.139. The second-order valence-corrected chi connectivity index (χ2v) is 12.1. The number of benzene rings is 2. The molecule has 36 heavy (non-hydrogen) atoms. The normalized spacial score (nSPS) is 14.9. The number of carbonyl (C=O) groups is 2. The van der Waals surface area contributed by atoms with Gasteiger partial charge < -0.3 is 10.2 Å². The molecule has 10 heteroatoms. The average Bonchev–Trinajstić information content (AvgIpc) is 3.31. The van der Waals surface area contributed by atoms with E-state index in [9.17, 15) is 18.0 Å². The van der Waals surface area contributed by atoms with Crippen molar-refractivity contribution in [1.29, 1.82) is 0 Å². The molecule has 1 fully saturated rings. The molecule has 2 aromatic carbocycles. The first-order valence-electron chi connectivity index (χ1n) is 12.0. The van der Waals surface area contributed by atoms with Crippen LogP contribution in [0.15, 0.2) is 36.4 Å². The van der Waals surface area contributed by atoms with E-state index in [1.54, 1.807) is 37.3 Å². The Balaban J connectivity index is 1.96. The maximum Gasteiger partial charge on any atom is 0.244 e. The first kappa shape index (κ1) is 28.3. The summed E-state index contributed by atoms with van der Waals surface area (Å²) in [6, 6.07) is 9.52. The van der Waals surface area contributed by atoms with Crippen molar-refractivity contribution in [2.75, 3.05) is 17.1 Å². The summed E-state index contributed by atoms with van der Waals surface area (Å²) in [6.07, 6.45) is 4.97. The van der Waals surface area contributed by atoms with Crippen LogP contribution >= 0.6 is 23.2 Å². The van der Waals surface area contributed by atoms with E-state index in [-0.39, 0.29) is 18.5 Å². The highest BCUT2D eigenvalue weighted by atomic mass is 35.5. The van der Waals surface area contributed by atoms with Crippen LogP contribution in [-0.4, -0.2) is 50.0 Å². The van der Waals surface area contributed by atoms with Gasteiger partial charge in [0.05, 0.1) is 11.9 Å². The van der Waals surface area contributed by atoms with Gasteiger partial charge in [0.2, 0.25) is 21.8 Å². The molecule has 1 saturated carbocycles. The molecule has 0 aliphatic heterocycles. The molecule has 196 valence electrons. The molecule has 2 aromatic rings. The number of nitrogens with zero attached hydrogens (tertiary/aromatic N) is 2. The number of carbonyl (C=O) groups excluding carboxylic acids is 2. The fourth-order valence-electron chi connectivity index (χ4n) is 4.43. The second-order valence-electron chi connectivity index (χ2n) is 9.38. The third-order valence-corrected chi connectivity index (χ3v) is 8.62. The van der Waals surface area contributed by atoms with E-state index in [0.717, 1.165) is 47.4 Å². The lowest BCUT2D eigenvalue weighted by Crippen LogP contribution is -2.52. The van der Waals surface area contributed by atoms with E-state index in [1.807, 2.05) is 19.9 Å². The molecular weight excluding hydrogens is 521 g/mol. The Morgan fingerprint density at radius 3 is 2.22 bits per heavy atom. The highest BCUT2D eigenvalue weighted by molar-refractivity contribution is 7.92. The minimum absolute atomic E-state index is 0.0407. The molecule has 1 atom stereocenters. The molecule has 0 saturated heterocycles. The highest BCUT2D eigenvalue weighted by Crippen LogP contribution is 2.28. The smallest absolute Gasteiger partial charge is 0.244 e. The van der Waals surface area contributed by atoms with Crippen LogP contribution < -0.4 is 9.62 Å². The molecule has 1 aliphatic carbocycles. The molecule has 0 spiro atoms. The van der Waals surface area contributed by atoms with Crippen molar-refractivity contribution in [3.8, 4) is 0 Å². The van der Waals surface area contributed by atoms with Crippen LogP contribution in [0, 0.1) is 13.8 Å². The monoisotopic (exact) mass is 553 g/mol. The molecule has 0 unspecified atom stereocenters. The van der Waals surface area contributed by atoms with Crippen LogP contribution in [0.25, 0.3) is 0 Å². The quantitative estimate of drug-likeness (QED) is 0.480. The van der Waals surface area contributed by atoms with Crippen LogP contribution in [-0.2, 0) is 26.2 Å². The molecule has 0 heterocycles. The van der Waals surface area contributed by atoms with Gasteiger partial charge in [-0.15, -0.1) is 0 Å². The van der Waals surface area contributed by atoms with E-state index in [2.05, 4.69) is 5.32 Å². The van der Waals surface area contributed by atoms with Gasteiger partial charge in [0.25, 0.3) is 0 Å². The number of hydrogen-bond donors (Lipinski definition) is 1. The Bertz CT molecular complexity index is 1210. The fraction of sp³-hybridized carbons (Fsp3) is 0.462. The maximum absolute atomic E-state index is 13.7. The van der Waals surface area contributed by atoms with Gasteiger partial charge in [-0.3, -0.25) is 13.9 Å². The van der Waals surface area contributed by atoms with Crippen molar-refractivity contribution in [2.24, 2.45) is 0 Å². The van der Waals surface area contributed by atoms with E-state index in [4.69, 9.17) is 23.2 Å². The zero-order chi connectivity index (χ0) is 26.6. The number of halogens is 2. The van der Waals surface area contributed by atoms with Gasteiger partial charge in [0.15, 0.2) is 0 Å². The van der Waals surface area contributed by atoms with Crippen LogP contribution in [0.4, 0.5) is 5.69 Å². The summed E-state index contributed by atoms with van der Waals surface area (Å²) in [4.78, 5) is 28.2. The van der Waals surface area contributed by atoms with Gasteiger partial charge >= 0.3 is 0 Å². The van der Waals surface area contributed by atoms with Crippen LogP contribution in [0.2, 0.25) is 10.0 Å². The number of aryl methyl sites for hydroxylation is 1. The molecule has 0 bridgehead atoms. The molecule has 3 rings (SSSR count). The van der Waals surface area contributed by atoms with Gasteiger partial charge in [-0.2, -0.15) is 0 Å². The number of amides is 2. The average molecular weight is 555 g/mol. The van der Waals surface area contributed by atoms with Gasteiger partial charge in [0.1, 0.15) is 12.6 Å². The van der Waals surface area contributed by atoms with E-state index in [0.29, 0.717) is 21.3 Å². The summed E-state index contributed by atoms with van der Waals surface area (Å²) < 4.78 is 26.7. The first-order chi connectivity index (χ1) is 16.9. The van der Waals surface area contributed by atoms with Gasteiger partial charge in [0, 0.05) is 28.2 Å². The Labute approximate surface area is 223 Å². The molecule has 1 aliphatic rings. The van der Waals surface area contributed by atoms with Gasteiger partial charge in [-0.25, -0.2) is 8.42 Å². The van der Waals surface area contributed by atoms with E-state index >= 15 is 0 Å². The standard InChI is InChI=1S/C26H33Cl2N3O4S/c1-17-9-7-14-24(18(17)2)31(36(4,34)35)16-25(32)30(15-21-22(27)12-8-13-23(21)28)19(3)26(33)29-20-10-5-6-11-20/h7-9,12-14,19-20H,5-6,10-11,15-16H2,1-4H3,(H,29,33)/t19-/m0/s1. The minimum Gasteiger partial charge on any atom is -0.352 e. The fourth-order valence-corrected chi connectivity index (χ4v) is 5.85. The number of hydrogen-bond acceptors (Lipinski definition) is 4. The van der Waals surface area contributed by atoms with Crippen molar-refractivity contribution >= 4 is 50.7 Å². The number of sulfonamides is 1. The zero-order valence-corrected chi connectivity index (χ0v) is 23.4. The molecule has 7 nitrogen and oxygen atoms in total. The summed E-state index contributed by atoms with van der Waals surface area (Å²) >= 11 is 12.8. The van der Waals surface area contributed by atoms with Crippen molar-refractivity contribution < 1.29 is 18.0 Å². The molecular formula is C26H33Cl2N3O4S. The minimum atomic E-state index is -3.81.